The quantitative estimate of drug-likeness (QED) is 0.476. The molecule has 1 aromatic carbocycles. The molecule has 0 unspecified atom stereocenters. The predicted octanol–water partition coefficient (Wildman–Crippen LogP) is 1.27. The van der Waals surface area contributed by atoms with Crippen LogP contribution >= 0.6 is 11.6 Å². The highest BCUT2D eigenvalue weighted by molar-refractivity contribution is 6.34. The van der Waals surface area contributed by atoms with Crippen molar-refractivity contribution in [2.45, 2.75) is 0 Å². The molecule has 1 aromatic rings. The van der Waals surface area contributed by atoms with Gasteiger partial charge in [0, 0.05) is 5.02 Å². The molecule has 0 aliphatic carbocycles. The van der Waals surface area contributed by atoms with Gasteiger partial charge in [-0.1, -0.05) is 23.1 Å². The summed E-state index contributed by atoms with van der Waals surface area (Å²) in [6.07, 6.45) is 0. The third-order valence-electron chi connectivity index (χ3n) is 0.962. The fourth-order valence-electron chi connectivity index (χ4n) is 0.502. The van der Waals surface area contributed by atoms with Crippen molar-refractivity contribution in [2.75, 3.05) is 0 Å². The minimum absolute atomic E-state index is 0.124. The molecule has 0 nitrogen and oxygen atoms in total. The molecule has 0 N–H and O–H groups in total. The Balaban J connectivity index is 3.17. The van der Waals surface area contributed by atoms with E-state index in [1.165, 1.54) is 12.1 Å². The molecule has 3 heteroatoms. The first-order valence-corrected chi connectivity index (χ1v) is 2.78. The van der Waals surface area contributed by atoms with Gasteiger partial charge in [0.15, 0.2) is 0 Å². The minimum atomic E-state index is -0.470. The average molecular weight is 140 g/mol. The van der Waals surface area contributed by atoms with Crippen LogP contribution in [0.1, 0.15) is 0 Å². The van der Waals surface area contributed by atoms with Gasteiger partial charge < -0.3 is 0 Å². The summed E-state index contributed by atoms with van der Waals surface area (Å²) in [5, 5.41) is 0.363. The summed E-state index contributed by atoms with van der Waals surface area (Å²) < 4.78 is 12.4. The third-order valence-corrected chi connectivity index (χ3v) is 1.20. The highest BCUT2D eigenvalue weighted by Gasteiger charge is 1.94. The van der Waals surface area contributed by atoms with E-state index in [-0.39, 0.29) is 5.46 Å². The van der Waals surface area contributed by atoms with E-state index in [1.54, 1.807) is 6.07 Å². The van der Waals surface area contributed by atoms with Crippen molar-refractivity contribution in [1.82, 2.24) is 0 Å². The largest absolute Gasteiger partial charge is 0.208 e. The lowest BCUT2D eigenvalue weighted by Gasteiger charge is -1.93. The lowest BCUT2D eigenvalue weighted by atomic mass is 9.96. The summed E-state index contributed by atoms with van der Waals surface area (Å²) in [6.45, 7) is 0. The van der Waals surface area contributed by atoms with Gasteiger partial charge in [-0.05, 0) is 12.1 Å². The maximum absolute atomic E-state index is 12.4. The van der Waals surface area contributed by atoms with Crippen LogP contribution < -0.4 is 5.46 Å². The van der Waals surface area contributed by atoms with Crippen LogP contribution in [0.15, 0.2) is 18.2 Å². The molecule has 0 aromatic heterocycles. The molecule has 0 saturated carbocycles. The molecule has 0 spiro atoms. The highest BCUT2D eigenvalue weighted by atomic mass is 35.5. The van der Waals surface area contributed by atoms with Crippen molar-refractivity contribution >= 4 is 24.9 Å². The third kappa shape index (κ3) is 1.45. The monoisotopic (exact) mass is 140 g/mol. The van der Waals surface area contributed by atoms with Crippen molar-refractivity contribution in [3.05, 3.63) is 29.0 Å². The zero-order valence-electron chi connectivity index (χ0n) is 4.57. The molecule has 0 aliphatic heterocycles. The van der Waals surface area contributed by atoms with Gasteiger partial charge in [0.2, 0.25) is 0 Å². The zero-order chi connectivity index (χ0) is 6.85. The van der Waals surface area contributed by atoms with Crippen LogP contribution in [-0.2, 0) is 0 Å². The normalized spacial score (nSPS) is 9.56. The topological polar surface area (TPSA) is 0 Å². The number of rotatable bonds is 0. The molecular weight excluding hydrogens is 137 g/mol. The van der Waals surface area contributed by atoms with Crippen LogP contribution in [0, 0.1) is 5.82 Å². The Kier molecular flexibility index (Phi) is 1.77. The maximum Gasteiger partial charge on any atom is 0.117 e. The van der Waals surface area contributed by atoms with Crippen molar-refractivity contribution in [3.8, 4) is 0 Å². The van der Waals surface area contributed by atoms with Crippen LogP contribution in [0.3, 0.4) is 0 Å². The van der Waals surface area contributed by atoms with Gasteiger partial charge >= 0.3 is 0 Å². The van der Waals surface area contributed by atoms with Gasteiger partial charge in [0.05, 0.1) is 0 Å². The first-order chi connectivity index (χ1) is 4.20. The van der Waals surface area contributed by atoms with E-state index in [9.17, 15) is 4.39 Å². The molecule has 0 amide bonds. The van der Waals surface area contributed by atoms with Crippen molar-refractivity contribution in [2.24, 2.45) is 0 Å². The standard InChI is InChI=1S/C6H3BClF/c7-5-2-1-4(8)3-6(5)9/h1-3H. The Labute approximate surface area is 59.1 Å². The minimum Gasteiger partial charge on any atom is -0.208 e. The molecule has 2 radical (unpaired) electrons. The van der Waals surface area contributed by atoms with Gasteiger partial charge in [-0.25, -0.2) is 4.39 Å². The van der Waals surface area contributed by atoms with Crippen molar-refractivity contribution in [1.29, 1.82) is 0 Å². The predicted molar refractivity (Wildman–Crippen MR) is 36.8 cm³/mol. The average Bonchev–Trinajstić information content (AvgIpc) is 1.80. The number of hydrogen-bond donors (Lipinski definition) is 0. The van der Waals surface area contributed by atoms with Gasteiger partial charge in [-0.2, -0.15) is 0 Å². The Bertz CT molecular complexity index is 224. The smallest absolute Gasteiger partial charge is 0.117 e. The number of benzene rings is 1. The van der Waals surface area contributed by atoms with Crippen LogP contribution in [0.4, 0.5) is 4.39 Å². The van der Waals surface area contributed by atoms with Gasteiger partial charge in [-0.3, -0.25) is 0 Å². The molecule has 44 valence electrons. The maximum atomic E-state index is 12.4. The van der Waals surface area contributed by atoms with Gasteiger partial charge in [-0.15, -0.1) is 0 Å². The summed E-state index contributed by atoms with van der Waals surface area (Å²) in [5.41, 5.74) is 0.124. The Morgan fingerprint density at radius 1 is 1.44 bits per heavy atom. The Morgan fingerprint density at radius 3 is 2.56 bits per heavy atom. The van der Waals surface area contributed by atoms with Crippen LogP contribution in [-0.4, -0.2) is 7.85 Å². The van der Waals surface area contributed by atoms with E-state index in [2.05, 4.69) is 0 Å². The molecule has 9 heavy (non-hydrogen) atoms. The first kappa shape index (κ1) is 6.62. The van der Waals surface area contributed by atoms with E-state index in [0.29, 0.717) is 5.02 Å². The molecule has 1 rings (SSSR count). The molecule has 0 atom stereocenters. The van der Waals surface area contributed by atoms with Crippen LogP contribution in [0.25, 0.3) is 0 Å². The fourth-order valence-corrected chi connectivity index (χ4v) is 0.660. The van der Waals surface area contributed by atoms with Crippen molar-refractivity contribution < 1.29 is 4.39 Å². The SMILES string of the molecule is [B]c1ccc(Cl)cc1F. The second kappa shape index (κ2) is 2.40. The van der Waals surface area contributed by atoms with E-state index in [1.807, 2.05) is 0 Å². The van der Waals surface area contributed by atoms with Crippen LogP contribution in [0.5, 0.6) is 0 Å². The van der Waals surface area contributed by atoms with Crippen molar-refractivity contribution in [3.63, 3.8) is 0 Å². The second-order valence-electron chi connectivity index (χ2n) is 1.67. The Morgan fingerprint density at radius 2 is 2.11 bits per heavy atom. The lowest BCUT2D eigenvalue weighted by molar-refractivity contribution is 0.636. The lowest BCUT2D eigenvalue weighted by Crippen LogP contribution is -2.06. The number of halogens is 2. The van der Waals surface area contributed by atoms with E-state index in [4.69, 9.17) is 19.4 Å². The summed E-state index contributed by atoms with van der Waals surface area (Å²) in [6, 6.07) is 4.15. The molecule has 0 saturated heterocycles. The molecular formula is C6H3BClF. The molecule has 0 bridgehead atoms. The number of hydrogen-bond acceptors (Lipinski definition) is 0. The van der Waals surface area contributed by atoms with Gasteiger partial charge in [0.25, 0.3) is 0 Å². The molecule has 0 fully saturated rings. The fraction of sp³-hybridized carbons (Fsp3) is 0. The molecule has 0 aliphatic rings. The summed E-state index contributed by atoms with van der Waals surface area (Å²) in [7, 11) is 5.16. The summed E-state index contributed by atoms with van der Waals surface area (Å²) in [4.78, 5) is 0. The summed E-state index contributed by atoms with van der Waals surface area (Å²) >= 11 is 5.42. The first-order valence-electron chi connectivity index (χ1n) is 2.40. The van der Waals surface area contributed by atoms with E-state index >= 15 is 0 Å². The van der Waals surface area contributed by atoms with Crippen LogP contribution in [0.2, 0.25) is 5.02 Å². The van der Waals surface area contributed by atoms with Gasteiger partial charge in [0.1, 0.15) is 13.7 Å². The zero-order valence-corrected chi connectivity index (χ0v) is 5.32. The molecule has 0 heterocycles. The second-order valence-corrected chi connectivity index (χ2v) is 2.10. The highest BCUT2D eigenvalue weighted by Crippen LogP contribution is 2.06. The van der Waals surface area contributed by atoms with E-state index in [0.717, 1.165) is 0 Å². The summed E-state index contributed by atoms with van der Waals surface area (Å²) in [5.74, 6) is -0.470. The van der Waals surface area contributed by atoms with E-state index < -0.39 is 5.82 Å². The Hall–Kier alpha value is -0.495.